The maximum atomic E-state index is 12.2. The quantitative estimate of drug-likeness (QED) is 0.668. The number of rotatable bonds is 8. The van der Waals surface area contributed by atoms with Crippen LogP contribution >= 0.6 is 11.3 Å². The van der Waals surface area contributed by atoms with E-state index in [0.29, 0.717) is 30.8 Å². The highest BCUT2D eigenvalue weighted by molar-refractivity contribution is 7.12. The highest BCUT2D eigenvalue weighted by Crippen LogP contribution is 2.21. The monoisotopic (exact) mass is 400 g/mol. The van der Waals surface area contributed by atoms with Crippen LogP contribution in [0.4, 0.5) is 5.69 Å². The van der Waals surface area contributed by atoms with Crippen LogP contribution in [0.2, 0.25) is 0 Å². The molecule has 1 aromatic carbocycles. The number of carbonyl (C=O) groups excluding carboxylic acids is 2. The smallest absolute Gasteiger partial charge is 0.261 e. The van der Waals surface area contributed by atoms with Gasteiger partial charge < -0.3 is 20.4 Å². The fourth-order valence-electron chi connectivity index (χ4n) is 3.24. The van der Waals surface area contributed by atoms with Crippen molar-refractivity contribution in [2.75, 3.05) is 44.7 Å². The summed E-state index contributed by atoms with van der Waals surface area (Å²) in [5.74, 6) is -0.0601. The number of para-hydroxylation sites is 1. The molecule has 28 heavy (non-hydrogen) atoms. The summed E-state index contributed by atoms with van der Waals surface area (Å²) in [6, 6.07) is 11.9. The van der Waals surface area contributed by atoms with Gasteiger partial charge in [0.1, 0.15) is 0 Å². The molecular formula is C21H28N4O2S. The lowest BCUT2D eigenvalue weighted by molar-refractivity contribution is -0.121. The van der Waals surface area contributed by atoms with Gasteiger partial charge in [-0.15, -0.1) is 11.3 Å². The number of nitrogens with zero attached hydrogens (tertiary/aromatic N) is 2. The summed E-state index contributed by atoms with van der Waals surface area (Å²) in [5.41, 5.74) is 2.35. The molecule has 0 spiro atoms. The number of hydrogen-bond donors (Lipinski definition) is 2. The zero-order valence-corrected chi connectivity index (χ0v) is 17.1. The topological polar surface area (TPSA) is 64.7 Å². The first-order valence-electron chi connectivity index (χ1n) is 9.73. The van der Waals surface area contributed by atoms with Crippen molar-refractivity contribution in [1.29, 1.82) is 0 Å². The zero-order chi connectivity index (χ0) is 19.8. The van der Waals surface area contributed by atoms with Gasteiger partial charge >= 0.3 is 0 Å². The van der Waals surface area contributed by atoms with Crippen molar-refractivity contribution < 1.29 is 9.59 Å². The second kappa shape index (κ2) is 10.2. The average molecular weight is 401 g/mol. The summed E-state index contributed by atoms with van der Waals surface area (Å²) in [6.45, 7) is 5.15. The van der Waals surface area contributed by atoms with Crippen LogP contribution in [0.15, 0.2) is 41.8 Å². The molecule has 1 aromatic heterocycles. The second-order valence-electron chi connectivity index (χ2n) is 7.03. The molecule has 0 unspecified atom stereocenters. The number of nitrogens with one attached hydrogen (secondary N) is 2. The number of likely N-dealkylation sites (N-methyl/N-ethyl adjacent to an activating group) is 1. The van der Waals surface area contributed by atoms with Crippen molar-refractivity contribution in [2.45, 2.75) is 19.4 Å². The molecule has 2 aromatic rings. The summed E-state index contributed by atoms with van der Waals surface area (Å²) in [7, 11) is 2.15. The Labute approximate surface area is 170 Å². The fraction of sp³-hybridized carbons (Fsp3) is 0.429. The van der Waals surface area contributed by atoms with E-state index in [1.54, 1.807) is 6.07 Å². The molecule has 150 valence electrons. The predicted molar refractivity (Wildman–Crippen MR) is 114 cm³/mol. The molecule has 1 aliphatic heterocycles. The SMILES string of the molecule is CN1CCN(c2ccccc2CNC(=O)CCCNC(=O)c2cccs2)CC1. The number of hydrogen-bond acceptors (Lipinski definition) is 5. The van der Waals surface area contributed by atoms with Crippen molar-refractivity contribution in [3.8, 4) is 0 Å². The molecule has 3 rings (SSSR count). The summed E-state index contributed by atoms with van der Waals surface area (Å²) in [6.07, 6.45) is 1.03. The number of benzene rings is 1. The third kappa shape index (κ3) is 5.81. The van der Waals surface area contributed by atoms with Crippen molar-refractivity contribution in [1.82, 2.24) is 15.5 Å². The van der Waals surface area contributed by atoms with Gasteiger partial charge in [-0.2, -0.15) is 0 Å². The first-order valence-corrected chi connectivity index (χ1v) is 10.6. The van der Waals surface area contributed by atoms with Gasteiger partial charge in [0.15, 0.2) is 0 Å². The van der Waals surface area contributed by atoms with E-state index < -0.39 is 0 Å². The highest BCUT2D eigenvalue weighted by Gasteiger charge is 2.16. The Hall–Kier alpha value is -2.38. The number of piperazine rings is 1. The van der Waals surface area contributed by atoms with E-state index >= 15 is 0 Å². The second-order valence-corrected chi connectivity index (χ2v) is 7.98. The van der Waals surface area contributed by atoms with Gasteiger partial charge in [0, 0.05) is 51.4 Å². The van der Waals surface area contributed by atoms with Crippen molar-refractivity contribution >= 4 is 28.8 Å². The normalized spacial score (nSPS) is 14.7. The molecule has 0 atom stereocenters. The molecule has 6 nitrogen and oxygen atoms in total. The molecule has 1 saturated heterocycles. The minimum Gasteiger partial charge on any atom is -0.369 e. The van der Waals surface area contributed by atoms with E-state index in [-0.39, 0.29) is 11.8 Å². The third-order valence-electron chi connectivity index (χ3n) is 4.92. The summed E-state index contributed by atoms with van der Waals surface area (Å²) >= 11 is 1.42. The van der Waals surface area contributed by atoms with Crippen LogP contribution < -0.4 is 15.5 Å². The minimum atomic E-state index is -0.0727. The minimum absolute atomic E-state index is 0.0125. The van der Waals surface area contributed by atoms with Gasteiger partial charge in [-0.05, 0) is 36.5 Å². The zero-order valence-electron chi connectivity index (χ0n) is 16.3. The Morgan fingerprint density at radius 2 is 1.82 bits per heavy atom. The molecule has 0 saturated carbocycles. The van der Waals surface area contributed by atoms with Crippen LogP contribution in [0.1, 0.15) is 28.1 Å². The number of thiophene rings is 1. The van der Waals surface area contributed by atoms with E-state index in [9.17, 15) is 9.59 Å². The highest BCUT2D eigenvalue weighted by atomic mass is 32.1. The molecule has 0 bridgehead atoms. The molecular weight excluding hydrogens is 372 g/mol. The molecule has 2 amide bonds. The third-order valence-corrected chi connectivity index (χ3v) is 5.79. The van der Waals surface area contributed by atoms with Crippen LogP contribution in [0.5, 0.6) is 0 Å². The first-order chi connectivity index (χ1) is 13.6. The van der Waals surface area contributed by atoms with Gasteiger partial charge in [0.05, 0.1) is 4.88 Å². The Morgan fingerprint density at radius 1 is 1.04 bits per heavy atom. The van der Waals surface area contributed by atoms with Crippen LogP contribution in [0.3, 0.4) is 0 Å². The van der Waals surface area contributed by atoms with Crippen LogP contribution in [0.25, 0.3) is 0 Å². The molecule has 1 fully saturated rings. The van der Waals surface area contributed by atoms with Gasteiger partial charge in [0.2, 0.25) is 5.91 Å². The molecule has 0 radical (unpaired) electrons. The lowest BCUT2D eigenvalue weighted by atomic mass is 10.1. The van der Waals surface area contributed by atoms with Gasteiger partial charge in [-0.25, -0.2) is 0 Å². The van der Waals surface area contributed by atoms with Crippen LogP contribution in [-0.2, 0) is 11.3 Å². The Bertz CT molecular complexity index is 770. The molecule has 0 aliphatic carbocycles. The summed E-state index contributed by atoms with van der Waals surface area (Å²) < 4.78 is 0. The van der Waals surface area contributed by atoms with E-state index in [2.05, 4.69) is 45.7 Å². The van der Waals surface area contributed by atoms with Crippen molar-refractivity contribution in [3.05, 3.63) is 52.2 Å². The van der Waals surface area contributed by atoms with E-state index in [1.165, 1.54) is 17.0 Å². The molecule has 2 N–H and O–H groups in total. The lowest BCUT2D eigenvalue weighted by Gasteiger charge is -2.35. The summed E-state index contributed by atoms with van der Waals surface area (Å²) in [4.78, 5) is 29.5. The number of anilines is 1. The number of amides is 2. The van der Waals surface area contributed by atoms with Gasteiger partial charge in [-0.3, -0.25) is 9.59 Å². The van der Waals surface area contributed by atoms with Crippen molar-refractivity contribution in [2.24, 2.45) is 0 Å². The molecule has 2 heterocycles. The van der Waals surface area contributed by atoms with E-state index in [0.717, 1.165) is 31.7 Å². The van der Waals surface area contributed by atoms with Crippen LogP contribution in [0, 0.1) is 0 Å². The maximum Gasteiger partial charge on any atom is 0.261 e. The Balaban J connectivity index is 1.40. The van der Waals surface area contributed by atoms with E-state index in [1.807, 2.05) is 17.5 Å². The number of carbonyl (C=O) groups is 2. The fourth-order valence-corrected chi connectivity index (χ4v) is 3.88. The van der Waals surface area contributed by atoms with Crippen LogP contribution in [-0.4, -0.2) is 56.5 Å². The molecule has 7 heteroatoms. The van der Waals surface area contributed by atoms with Crippen molar-refractivity contribution in [3.63, 3.8) is 0 Å². The Morgan fingerprint density at radius 3 is 2.57 bits per heavy atom. The standard InChI is InChI=1S/C21H28N4O2S/c1-24-11-13-25(14-12-24)18-7-3-2-6-17(18)16-23-20(26)9-4-10-22-21(27)19-8-5-15-28-19/h2-3,5-8,15H,4,9-14,16H2,1H3,(H,22,27)(H,23,26). The van der Waals surface area contributed by atoms with Gasteiger partial charge in [-0.1, -0.05) is 24.3 Å². The largest absolute Gasteiger partial charge is 0.369 e. The average Bonchev–Trinajstić information content (AvgIpc) is 3.25. The van der Waals surface area contributed by atoms with E-state index in [4.69, 9.17) is 0 Å². The molecule has 1 aliphatic rings. The lowest BCUT2D eigenvalue weighted by Crippen LogP contribution is -2.45. The summed E-state index contributed by atoms with van der Waals surface area (Å²) in [5, 5.41) is 7.74. The Kier molecular flexibility index (Phi) is 7.45. The van der Waals surface area contributed by atoms with Gasteiger partial charge in [0.25, 0.3) is 5.91 Å². The maximum absolute atomic E-state index is 12.2. The predicted octanol–water partition coefficient (Wildman–Crippen LogP) is 2.33. The first kappa shape index (κ1) is 20.4.